The average Bonchev–Trinajstić information content (AvgIpc) is 2.72. The normalized spacial score (nSPS) is 22.3. The van der Waals surface area contributed by atoms with Gasteiger partial charge in [-0.15, -0.1) is 0 Å². The van der Waals surface area contributed by atoms with Gasteiger partial charge in [0.1, 0.15) is 0 Å². The third-order valence-corrected chi connectivity index (χ3v) is 5.67. The lowest BCUT2D eigenvalue weighted by Gasteiger charge is -2.38. The lowest BCUT2D eigenvalue weighted by molar-refractivity contribution is -0.139. The highest BCUT2D eigenvalue weighted by Gasteiger charge is 2.41. The highest BCUT2D eigenvalue weighted by Crippen LogP contribution is 2.39. The van der Waals surface area contributed by atoms with Gasteiger partial charge in [-0.05, 0) is 50.4 Å². The van der Waals surface area contributed by atoms with Crippen molar-refractivity contribution in [1.82, 2.24) is 5.01 Å². The van der Waals surface area contributed by atoms with Crippen molar-refractivity contribution < 1.29 is 14.3 Å². The molecule has 2 unspecified atom stereocenters. The van der Waals surface area contributed by atoms with Crippen LogP contribution in [-0.4, -0.2) is 43.9 Å². The first kappa shape index (κ1) is 19.7. The molecule has 0 saturated heterocycles. The number of hydrogen-bond donors (Lipinski definition) is 1. The van der Waals surface area contributed by atoms with Crippen molar-refractivity contribution in [2.45, 2.75) is 44.9 Å². The Kier molecular flexibility index (Phi) is 6.72. The topological polar surface area (TPSA) is 77.1 Å². The molecule has 0 bridgehead atoms. The van der Waals surface area contributed by atoms with E-state index < -0.39 is 0 Å². The highest BCUT2D eigenvalue weighted by atomic mass is 16.5. The van der Waals surface area contributed by atoms with Crippen molar-refractivity contribution in [1.29, 1.82) is 0 Å². The first-order valence-corrected chi connectivity index (χ1v) is 10.0. The minimum Gasteiger partial charge on any atom is -0.493 e. The maximum atomic E-state index is 13.0. The van der Waals surface area contributed by atoms with E-state index in [-0.39, 0.29) is 17.7 Å². The van der Waals surface area contributed by atoms with Crippen LogP contribution in [0.3, 0.4) is 0 Å². The van der Waals surface area contributed by atoms with Crippen LogP contribution in [0.1, 0.15) is 50.5 Å². The standard InChI is InChI=1S/C21H31N3O3/c1-26-18-11-10-15(14-19(18)27-2)20-16-8-4-5-9-17(16)21(25)24(23-20)13-7-3-6-12-22/h10-11,14,16-17H,3-9,12-13,22H2,1-2H3. The zero-order chi connectivity index (χ0) is 19.2. The van der Waals surface area contributed by atoms with E-state index in [0.29, 0.717) is 24.6 Å². The molecule has 1 fully saturated rings. The number of carbonyl (C=O) groups is 1. The summed E-state index contributed by atoms with van der Waals surface area (Å²) in [6.45, 7) is 1.36. The molecule has 1 aromatic rings. The highest BCUT2D eigenvalue weighted by molar-refractivity contribution is 6.07. The Morgan fingerprint density at radius 2 is 1.81 bits per heavy atom. The number of nitrogens with zero attached hydrogens (tertiary/aromatic N) is 2. The third-order valence-electron chi connectivity index (χ3n) is 5.67. The predicted molar refractivity (Wildman–Crippen MR) is 106 cm³/mol. The van der Waals surface area contributed by atoms with Gasteiger partial charge in [0.25, 0.3) is 0 Å². The second-order valence-corrected chi connectivity index (χ2v) is 7.36. The lowest BCUT2D eigenvalue weighted by Crippen LogP contribution is -2.46. The molecule has 0 radical (unpaired) electrons. The maximum Gasteiger partial charge on any atom is 0.246 e. The Labute approximate surface area is 161 Å². The number of amides is 1. The molecule has 0 spiro atoms. The molecule has 148 valence electrons. The molecular weight excluding hydrogens is 342 g/mol. The van der Waals surface area contributed by atoms with Gasteiger partial charge in [-0.1, -0.05) is 19.3 Å². The number of benzene rings is 1. The number of hydrogen-bond acceptors (Lipinski definition) is 5. The fourth-order valence-electron chi connectivity index (χ4n) is 4.21. The molecule has 2 aliphatic rings. The summed E-state index contributed by atoms with van der Waals surface area (Å²) in [7, 11) is 3.27. The Morgan fingerprint density at radius 1 is 1.07 bits per heavy atom. The fourth-order valence-corrected chi connectivity index (χ4v) is 4.21. The van der Waals surface area contributed by atoms with Crippen molar-refractivity contribution in [3.05, 3.63) is 23.8 Å². The number of carbonyl (C=O) groups excluding carboxylic acids is 1. The molecule has 1 saturated carbocycles. The van der Waals surface area contributed by atoms with E-state index in [9.17, 15) is 4.79 Å². The van der Waals surface area contributed by atoms with E-state index in [4.69, 9.17) is 20.3 Å². The number of hydrazone groups is 1. The van der Waals surface area contributed by atoms with E-state index in [0.717, 1.165) is 56.2 Å². The minimum atomic E-state index is 0.0499. The smallest absolute Gasteiger partial charge is 0.246 e. The first-order chi connectivity index (χ1) is 13.2. The van der Waals surface area contributed by atoms with Crippen LogP contribution >= 0.6 is 0 Å². The molecule has 1 aliphatic heterocycles. The van der Waals surface area contributed by atoms with Gasteiger partial charge < -0.3 is 15.2 Å². The molecule has 1 aliphatic carbocycles. The molecule has 3 rings (SSSR count). The quantitative estimate of drug-likeness (QED) is 0.710. The summed E-state index contributed by atoms with van der Waals surface area (Å²) >= 11 is 0. The molecule has 6 heteroatoms. The molecule has 0 aromatic heterocycles. The number of unbranched alkanes of at least 4 members (excludes halogenated alkanes) is 2. The van der Waals surface area contributed by atoms with Crippen molar-refractivity contribution in [3.63, 3.8) is 0 Å². The van der Waals surface area contributed by atoms with E-state index in [1.807, 2.05) is 18.2 Å². The van der Waals surface area contributed by atoms with Crippen LogP contribution in [0.5, 0.6) is 11.5 Å². The van der Waals surface area contributed by atoms with Crippen molar-refractivity contribution in [2.24, 2.45) is 22.7 Å². The van der Waals surface area contributed by atoms with Gasteiger partial charge in [-0.3, -0.25) is 4.79 Å². The van der Waals surface area contributed by atoms with E-state index >= 15 is 0 Å². The minimum absolute atomic E-state index is 0.0499. The molecule has 6 nitrogen and oxygen atoms in total. The van der Waals surface area contributed by atoms with Crippen LogP contribution in [0.15, 0.2) is 23.3 Å². The summed E-state index contributed by atoms with van der Waals surface area (Å²) in [5.41, 5.74) is 7.61. The van der Waals surface area contributed by atoms with Gasteiger partial charge >= 0.3 is 0 Å². The van der Waals surface area contributed by atoms with Gasteiger partial charge in [-0.25, -0.2) is 5.01 Å². The number of methoxy groups -OCH3 is 2. The van der Waals surface area contributed by atoms with Crippen LogP contribution in [0.25, 0.3) is 0 Å². The van der Waals surface area contributed by atoms with Gasteiger partial charge in [-0.2, -0.15) is 5.10 Å². The molecule has 1 aromatic carbocycles. The van der Waals surface area contributed by atoms with Crippen LogP contribution in [0, 0.1) is 11.8 Å². The van der Waals surface area contributed by atoms with Crippen LogP contribution in [-0.2, 0) is 4.79 Å². The summed E-state index contributed by atoms with van der Waals surface area (Å²) in [6.07, 6.45) is 7.18. The third kappa shape index (κ3) is 4.26. The number of ether oxygens (including phenoxy) is 2. The first-order valence-electron chi connectivity index (χ1n) is 10.0. The lowest BCUT2D eigenvalue weighted by atomic mass is 9.73. The summed E-state index contributed by atoms with van der Waals surface area (Å²) in [5, 5.41) is 6.52. The van der Waals surface area contributed by atoms with Crippen molar-refractivity contribution >= 4 is 11.6 Å². The van der Waals surface area contributed by atoms with E-state index in [1.165, 1.54) is 0 Å². The Hall–Kier alpha value is -2.08. The maximum absolute atomic E-state index is 13.0. The van der Waals surface area contributed by atoms with Gasteiger partial charge in [0.2, 0.25) is 5.91 Å². The van der Waals surface area contributed by atoms with Crippen LogP contribution in [0.2, 0.25) is 0 Å². The molecule has 2 N–H and O–H groups in total. The predicted octanol–water partition coefficient (Wildman–Crippen LogP) is 3.19. The summed E-state index contributed by atoms with van der Waals surface area (Å²) < 4.78 is 10.8. The second-order valence-electron chi connectivity index (χ2n) is 7.36. The summed E-state index contributed by atoms with van der Waals surface area (Å²) in [6, 6.07) is 5.91. The zero-order valence-electron chi connectivity index (χ0n) is 16.4. The SMILES string of the molecule is COc1ccc(C2=NN(CCCCCN)C(=O)C3CCCCC23)cc1OC. The van der Waals surface area contributed by atoms with E-state index in [1.54, 1.807) is 19.2 Å². The zero-order valence-corrected chi connectivity index (χ0v) is 16.4. The number of fused-ring (bicyclic) bond motifs is 1. The number of rotatable bonds is 8. The Bertz CT molecular complexity index is 689. The number of nitrogens with two attached hydrogens (primary N) is 1. The van der Waals surface area contributed by atoms with E-state index in [2.05, 4.69) is 0 Å². The fraction of sp³-hybridized carbons (Fsp3) is 0.619. The second kappa shape index (κ2) is 9.22. The molecule has 1 heterocycles. The van der Waals surface area contributed by atoms with Crippen LogP contribution < -0.4 is 15.2 Å². The largest absolute Gasteiger partial charge is 0.493 e. The molecular formula is C21H31N3O3. The van der Waals surface area contributed by atoms with Crippen molar-refractivity contribution in [3.8, 4) is 11.5 Å². The molecule has 27 heavy (non-hydrogen) atoms. The Balaban J connectivity index is 1.90. The summed E-state index contributed by atoms with van der Waals surface area (Å²) in [4.78, 5) is 13.0. The van der Waals surface area contributed by atoms with Crippen LogP contribution in [0.4, 0.5) is 0 Å². The molecule has 1 amide bonds. The van der Waals surface area contributed by atoms with Gasteiger partial charge in [0.05, 0.1) is 19.9 Å². The average molecular weight is 373 g/mol. The monoisotopic (exact) mass is 373 g/mol. The van der Waals surface area contributed by atoms with Gasteiger partial charge in [0, 0.05) is 23.9 Å². The summed E-state index contributed by atoms with van der Waals surface area (Å²) in [5.74, 6) is 1.83. The van der Waals surface area contributed by atoms with Crippen molar-refractivity contribution in [2.75, 3.05) is 27.3 Å². The molecule has 2 atom stereocenters. The Morgan fingerprint density at radius 3 is 2.52 bits per heavy atom. The van der Waals surface area contributed by atoms with Gasteiger partial charge in [0.15, 0.2) is 11.5 Å².